The normalized spacial score (nSPS) is 11.6. The monoisotopic (exact) mass is 469 g/mol. The molecule has 0 spiro atoms. The molecule has 3 aromatic rings. The lowest BCUT2D eigenvalue weighted by Gasteiger charge is -2.12. The summed E-state index contributed by atoms with van der Waals surface area (Å²) in [6.45, 7) is 2.36. The summed E-state index contributed by atoms with van der Waals surface area (Å²) in [5.41, 5.74) is 2.04. The number of aromatic nitrogens is 3. The molecule has 1 aromatic heterocycles. The first-order valence-corrected chi connectivity index (χ1v) is 11.8. The van der Waals surface area contributed by atoms with Gasteiger partial charge in [-0.25, -0.2) is 0 Å². The van der Waals surface area contributed by atoms with Crippen LogP contribution in [0.25, 0.3) is 6.08 Å². The van der Waals surface area contributed by atoms with Gasteiger partial charge in [0.2, 0.25) is 11.9 Å². The van der Waals surface area contributed by atoms with Gasteiger partial charge in [0.1, 0.15) is 10.7 Å². The van der Waals surface area contributed by atoms with E-state index in [0.29, 0.717) is 42.4 Å². The summed E-state index contributed by atoms with van der Waals surface area (Å²) in [5.74, 6) is 1.17. The van der Waals surface area contributed by atoms with Gasteiger partial charge in [-0.3, -0.25) is 4.18 Å². The molecule has 3 rings (SSSR count). The predicted molar refractivity (Wildman–Crippen MR) is 128 cm³/mol. The van der Waals surface area contributed by atoms with Crippen molar-refractivity contribution in [3.8, 4) is 0 Å². The molecule has 174 valence electrons. The Balaban J connectivity index is 1.95. The fourth-order valence-corrected chi connectivity index (χ4v) is 3.93. The maximum Gasteiger partial charge on any atom is 0.297 e. The van der Waals surface area contributed by atoms with Crippen molar-refractivity contribution in [2.75, 3.05) is 30.9 Å². The van der Waals surface area contributed by atoms with Crippen LogP contribution in [0.2, 0.25) is 0 Å². The van der Waals surface area contributed by atoms with Crippen LogP contribution < -0.4 is 10.6 Å². The summed E-state index contributed by atoms with van der Waals surface area (Å²) < 4.78 is 29.5. The van der Waals surface area contributed by atoms with Crippen molar-refractivity contribution in [1.29, 1.82) is 0 Å². The van der Waals surface area contributed by atoms with E-state index in [2.05, 4.69) is 25.6 Å². The van der Waals surface area contributed by atoms with Gasteiger partial charge in [0.25, 0.3) is 10.1 Å². The van der Waals surface area contributed by atoms with Crippen molar-refractivity contribution in [3.63, 3.8) is 0 Å². The topological polar surface area (TPSA) is 126 Å². The van der Waals surface area contributed by atoms with E-state index >= 15 is 0 Å². The molecule has 0 saturated heterocycles. The highest BCUT2D eigenvalue weighted by Crippen LogP contribution is 2.25. The van der Waals surface area contributed by atoms with Gasteiger partial charge >= 0.3 is 0 Å². The molecule has 33 heavy (non-hydrogen) atoms. The molecule has 0 saturated carbocycles. The Hall–Kier alpha value is -3.34. The number of hydrogen-bond donors (Lipinski definition) is 3. The molecular formula is C23H27N5O4S. The highest BCUT2D eigenvalue weighted by Gasteiger charge is 2.18. The van der Waals surface area contributed by atoms with E-state index in [0.717, 1.165) is 12.7 Å². The third-order valence-electron chi connectivity index (χ3n) is 4.61. The number of hydrogen-bond acceptors (Lipinski definition) is 9. The molecule has 0 amide bonds. The molecule has 0 aliphatic heterocycles. The van der Waals surface area contributed by atoms with Gasteiger partial charge in [-0.1, -0.05) is 48.6 Å². The zero-order valence-electron chi connectivity index (χ0n) is 18.5. The van der Waals surface area contributed by atoms with Crippen molar-refractivity contribution < 1.29 is 17.7 Å². The summed E-state index contributed by atoms with van der Waals surface area (Å²) in [6.07, 6.45) is 4.49. The van der Waals surface area contributed by atoms with E-state index in [-0.39, 0.29) is 17.5 Å². The van der Waals surface area contributed by atoms with Crippen LogP contribution in [0.3, 0.4) is 0 Å². The molecule has 0 fully saturated rings. The number of aliphatic hydroxyl groups is 1. The largest absolute Gasteiger partial charge is 0.396 e. The summed E-state index contributed by atoms with van der Waals surface area (Å²) >= 11 is 0. The number of allylic oxidation sites excluding steroid dienone is 1. The van der Waals surface area contributed by atoms with Crippen LogP contribution in [-0.4, -0.2) is 48.7 Å². The van der Waals surface area contributed by atoms with Crippen molar-refractivity contribution >= 4 is 33.8 Å². The van der Waals surface area contributed by atoms with Crippen LogP contribution in [0.5, 0.6) is 0 Å². The maximum absolute atomic E-state index is 12.4. The Bertz CT molecular complexity index is 1200. The summed E-state index contributed by atoms with van der Waals surface area (Å²) in [6, 6.07) is 14.7. The number of aliphatic hydroxyl groups excluding tert-OH is 1. The number of nitrogens with zero attached hydrogens (tertiary/aromatic N) is 3. The molecule has 0 atom stereocenters. The van der Waals surface area contributed by atoms with Gasteiger partial charge in [-0.05, 0) is 36.6 Å². The smallest absolute Gasteiger partial charge is 0.297 e. The van der Waals surface area contributed by atoms with Gasteiger partial charge in [-0.15, -0.1) is 0 Å². The van der Waals surface area contributed by atoms with Crippen molar-refractivity contribution in [2.24, 2.45) is 0 Å². The Morgan fingerprint density at radius 2 is 1.82 bits per heavy atom. The highest BCUT2D eigenvalue weighted by atomic mass is 32.2. The van der Waals surface area contributed by atoms with E-state index in [1.165, 1.54) is 6.07 Å². The molecule has 0 bridgehead atoms. The van der Waals surface area contributed by atoms with Gasteiger partial charge in [0, 0.05) is 25.3 Å². The molecule has 0 aliphatic rings. The van der Waals surface area contributed by atoms with E-state index < -0.39 is 10.1 Å². The molecule has 0 aliphatic carbocycles. The van der Waals surface area contributed by atoms with Crippen LogP contribution >= 0.6 is 0 Å². The van der Waals surface area contributed by atoms with Crippen LogP contribution in [0, 0.1) is 0 Å². The minimum absolute atomic E-state index is 0.0351. The summed E-state index contributed by atoms with van der Waals surface area (Å²) in [4.78, 5) is 13.4. The molecule has 2 aromatic carbocycles. The van der Waals surface area contributed by atoms with Crippen molar-refractivity contribution in [1.82, 2.24) is 15.0 Å². The second kappa shape index (κ2) is 11.5. The van der Waals surface area contributed by atoms with Crippen LogP contribution in [0.1, 0.15) is 30.3 Å². The Morgan fingerprint density at radius 3 is 2.52 bits per heavy atom. The van der Waals surface area contributed by atoms with Crippen molar-refractivity contribution in [2.45, 2.75) is 24.7 Å². The Kier molecular flexibility index (Phi) is 8.47. The summed E-state index contributed by atoms with van der Waals surface area (Å²) in [7, 11) is -2.79. The van der Waals surface area contributed by atoms with E-state index in [1.807, 2.05) is 30.3 Å². The minimum atomic E-state index is -3.92. The molecule has 10 heteroatoms. The molecule has 0 unspecified atom stereocenters. The maximum atomic E-state index is 12.4. The van der Waals surface area contributed by atoms with Gasteiger partial charge in [0.05, 0.1) is 7.11 Å². The minimum Gasteiger partial charge on any atom is -0.396 e. The third kappa shape index (κ3) is 6.82. The lowest BCUT2D eigenvalue weighted by atomic mass is 10.1. The van der Waals surface area contributed by atoms with Gasteiger partial charge in [0.15, 0.2) is 0 Å². The molecular weight excluding hydrogens is 442 g/mol. The van der Waals surface area contributed by atoms with Crippen LogP contribution in [0.15, 0.2) is 59.5 Å². The lowest BCUT2D eigenvalue weighted by Crippen LogP contribution is -2.12. The average Bonchev–Trinajstić information content (AvgIpc) is 2.81. The number of nitrogens with one attached hydrogen (secondary N) is 2. The number of benzene rings is 2. The van der Waals surface area contributed by atoms with Gasteiger partial charge < -0.3 is 15.7 Å². The second-order valence-electron chi connectivity index (χ2n) is 7.06. The van der Waals surface area contributed by atoms with Crippen LogP contribution in [0.4, 0.5) is 17.6 Å². The standard InChI is InChI=1S/C23H27N5O4S/c1-3-8-18-11-12-19(16-20(18)33(30,31)32-2)25-23-27-21(15-17-9-5-4-6-10-17)26-22(28-23)24-13-7-14-29/h3-6,8-12,16,29H,7,13-15H2,1-2H3,(H2,24,25,26,27,28)/b8-3+. The van der Waals surface area contributed by atoms with Gasteiger partial charge in [-0.2, -0.15) is 23.4 Å². The average molecular weight is 470 g/mol. The molecule has 9 nitrogen and oxygen atoms in total. The van der Waals surface area contributed by atoms with E-state index in [1.54, 1.807) is 31.2 Å². The first-order valence-electron chi connectivity index (χ1n) is 10.4. The third-order valence-corrected chi connectivity index (χ3v) is 5.94. The quantitative estimate of drug-likeness (QED) is 0.286. The fraction of sp³-hybridized carbons (Fsp3) is 0.261. The second-order valence-corrected chi connectivity index (χ2v) is 8.74. The lowest BCUT2D eigenvalue weighted by molar-refractivity contribution is 0.292. The molecule has 3 N–H and O–H groups in total. The highest BCUT2D eigenvalue weighted by molar-refractivity contribution is 7.86. The van der Waals surface area contributed by atoms with E-state index in [9.17, 15) is 8.42 Å². The zero-order chi connectivity index (χ0) is 23.7. The number of rotatable bonds is 11. The first kappa shape index (κ1) is 24.3. The SMILES string of the molecule is C/C=C/c1ccc(Nc2nc(Cc3ccccc3)nc(NCCCO)n2)cc1S(=O)(=O)OC. The van der Waals surface area contributed by atoms with E-state index in [4.69, 9.17) is 9.29 Å². The van der Waals surface area contributed by atoms with Crippen molar-refractivity contribution in [3.05, 3.63) is 71.6 Å². The molecule has 0 radical (unpaired) electrons. The van der Waals surface area contributed by atoms with Crippen LogP contribution in [-0.2, 0) is 20.7 Å². The first-order chi connectivity index (χ1) is 15.9. The fourth-order valence-electron chi connectivity index (χ4n) is 3.06. The Morgan fingerprint density at radius 1 is 1.06 bits per heavy atom. The predicted octanol–water partition coefficient (Wildman–Crippen LogP) is 3.37. The summed E-state index contributed by atoms with van der Waals surface area (Å²) in [5, 5.41) is 15.2. The number of anilines is 3. The molecule has 1 heterocycles. The Labute approximate surface area is 193 Å². The zero-order valence-corrected chi connectivity index (χ0v) is 19.3.